The zero-order valence-electron chi connectivity index (χ0n) is 17.6. The number of benzene rings is 1. The van der Waals surface area contributed by atoms with Crippen molar-refractivity contribution in [1.29, 1.82) is 0 Å². The molecule has 1 saturated carbocycles. The molecule has 0 unspecified atom stereocenters. The van der Waals surface area contributed by atoms with Crippen molar-refractivity contribution in [2.75, 3.05) is 18.8 Å². The smallest absolute Gasteiger partial charge is 0.233 e. The van der Waals surface area contributed by atoms with Gasteiger partial charge < -0.3 is 4.90 Å². The van der Waals surface area contributed by atoms with Gasteiger partial charge in [0.25, 0.3) is 0 Å². The quantitative estimate of drug-likeness (QED) is 0.521. The minimum Gasteiger partial charge on any atom is -0.342 e. The number of nitrogens with zero attached hydrogens (tertiary/aromatic N) is 5. The molecule has 160 valence electrons. The van der Waals surface area contributed by atoms with Crippen molar-refractivity contribution in [2.45, 2.75) is 43.3 Å². The molecule has 0 radical (unpaired) electrons. The number of amides is 1. The fourth-order valence-electron chi connectivity index (χ4n) is 4.29. The van der Waals surface area contributed by atoms with Gasteiger partial charge in [0.05, 0.1) is 5.75 Å². The third kappa shape index (κ3) is 4.82. The van der Waals surface area contributed by atoms with E-state index in [2.05, 4.69) is 50.1 Å². The van der Waals surface area contributed by atoms with E-state index in [0.29, 0.717) is 17.7 Å². The fraction of sp³-hybridized carbons (Fsp3) is 0.417. The Morgan fingerprint density at radius 2 is 1.71 bits per heavy atom. The Labute approximate surface area is 187 Å². The number of aromatic nitrogens is 4. The second-order valence-corrected chi connectivity index (χ2v) is 9.39. The molecule has 0 bridgehead atoms. The molecule has 2 aliphatic rings. The summed E-state index contributed by atoms with van der Waals surface area (Å²) in [5.74, 6) is 2.17. The van der Waals surface area contributed by atoms with Gasteiger partial charge in [-0.1, -0.05) is 42.1 Å². The van der Waals surface area contributed by atoms with Crippen LogP contribution in [0.1, 0.15) is 37.3 Å². The van der Waals surface area contributed by atoms with Crippen molar-refractivity contribution in [2.24, 2.45) is 5.92 Å². The van der Waals surface area contributed by atoms with Crippen molar-refractivity contribution in [1.82, 2.24) is 24.6 Å². The molecule has 1 aliphatic heterocycles. The van der Waals surface area contributed by atoms with Gasteiger partial charge in [0.1, 0.15) is 0 Å². The molecule has 6 nitrogen and oxygen atoms in total. The lowest BCUT2D eigenvalue weighted by molar-refractivity contribution is -0.129. The topological polar surface area (TPSA) is 63.9 Å². The predicted molar refractivity (Wildman–Crippen MR) is 122 cm³/mol. The Balaban J connectivity index is 1.17. The molecule has 2 fully saturated rings. The van der Waals surface area contributed by atoms with Crippen LogP contribution in [0.3, 0.4) is 0 Å². The number of hydrogen-bond acceptors (Lipinski definition) is 5. The third-order valence-electron chi connectivity index (χ3n) is 6.17. The zero-order chi connectivity index (χ0) is 21.0. The standard InChI is InChI=1S/C24H27N5OS/c30-22(28-14-10-19(11-15-28)16-18-4-2-1-3-5-18)17-31-24-27-26-23(29(24)21-6-7-21)20-8-12-25-13-9-20/h1-5,8-9,12-13,19,21H,6-7,10-11,14-17H2. The Bertz CT molecular complexity index is 1010. The molecule has 0 spiro atoms. The van der Waals surface area contributed by atoms with Crippen LogP contribution in [0.2, 0.25) is 0 Å². The highest BCUT2D eigenvalue weighted by Crippen LogP contribution is 2.41. The molecule has 0 atom stereocenters. The van der Waals surface area contributed by atoms with E-state index < -0.39 is 0 Å². The number of hydrogen-bond donors (Lipinski definition) is 0. The van der Waals surface area contributed by atoms with E-state index in [1.54, 1.807) is 12.4 Å². The molecule has 5 rings (SSSR count). The summed E-state index contributed by atoms with van der Waals surface area (Å²) in [5.41, 5.74) is 2.42. The molecular formula is C24H27N5OS. The molecule has 3 aromatic rings. The molecule has 1 aromatic carbocycles. The lowest BCUT2D eigenvalue weighted by atomic mass is 9.90. The summed E-state index contributed by atoms with van der Waals surface area (Å²) in [7, 11) is 0. The Hall–Kier alpha value is -2.67. The maximum absolute atomic E-state index is 12.8. The van der Waals surface area contributed by atoms with Gasteiger partial charge in [-0.25, -0.2) is 0 Å². The summed E-state index contributed by atoms with van der Waals surface area (Å²) in [5, 5.41) is 9.69. The van der Waals surface area contributed by atoms with Gasteiger partial charge in [-0.15, -0.1) is 10.2 Å². The minimum atomic E-state index is 0.207. The lowest BCUT2D eigenvalue weighted by Crippen LogP contribution is -2.39. The van der Waals surface area contributed by atoms with Crippen LogP contribution in [0.25, 0.3) is 11.4 Å². The first-order chi connectivity index (χ1) is 15.3. The van der Waals surface area contributed by atoms with E-state index in [9.17, 15) is 4.79 Å². The van der Waals surface area contributed by atoms with Crippen LogP contribution in [0, 0.1) is 5.92 Å². The van der Waals surface area contributed by atoms with Gasteiger partial charge in [-0.05, 0) is 55.7 Å². The SMILES string of the molecule is O=C(CSc1nnc(-c2ccncc2)n1C1CC1)N1CCC(Cc2ccccc2)CC1. The summed E-state index contributed by atoms with van der Waals surface area (Å²) in [4.78, 5) is 19.0. The third-order valence-corrected chi connectivity index (χ3v) is 7.10. The Kier molecular flexibility index (Phi) is 6.02. The molecule has 7 heteroatoms. The monoisotopic (exact) mass is 433 g/mol. The summed E-state index contributed by atoms with van der Waals surface area (Å²) in [6.45, 7) is 1.71. The van der Waals surface area contributed by atoms with E-state index in [0.717, 1.165) is 61.7 Å². The predicted octanol–water partition coefficient (Wildman–Crippen LogP) is 4.25. The van der Waals surface area contributed by atoms with Gasteiger partial charge in [0.2, 0.25) is 5.91 Å². The van der Waals surface area contributed by atoms with Crippen molar-refractivity contribution in [3.63, 3.8) is 0 Å². The zero-order valence-corrected chi connectivity index (χ0v) is 18.4. The average molecular weight is 434 g/mol. The molecule has 0 N–H and O–H groups in total. The number of carbonyl (C=O) groups excluding carboxylic acids is 1. The van der Waals surface area contributed by atoms with Crippen molar-refractivity contribution >= 4 is 17.7 Å². The normalized spacial score (nSPS) is 17.1. The number of thioether (sulfide) groups is 1. The largest absolute Gasteiger partial charge is 0.342 e. The molecule has 1 amide bonds. The van der Waals surface area contributed by atoms with Gasteiger partial charge >= 0.3 is 0 Å². The van der Waals surface area contributed by atoms with Crippen LogP contribution in [0.5, 0.6) is 0 Å². The lowest BCUT2D eigenvalue weighted by Gasteiger charge is -2.32. The highest BCUT2D eigenvalue weighted by atomic mass is 32.2. The van der Waals surface area contributed by atoms with Crippen LogP contribution >= 0.6 is 11.8 Å². The second-order valence-electron chi connectivity index (χ2n) is 8.45. The average Bonchev–Trinajstić information content (AvgIpc) is 3.58. The summed E-state index contributed by atoms with van der Waals surface area (Å²) in [6.07, 6.45) is 9.11. The van der Waals surface area contributed by atoms with E-state index in [1.165, 1.54) is 17.3 Å². The summed E-state index contributed by atoms with van der Waals surface area (Å²) < 4.78 is 2.21. The maximum Gasteiger partial charge on any atom is 0.233 e. The van der Waals surface area contributed by atoms with Crippen molar-refractivity contribution in [3.8, 4) is 11.4 Å². The summed E-state index contributed by atoms with van der Waals surface area (Å²) in [6, 6.07) is 15.0. The number of carbonyl (C=O) groups is 1. The van der Waals surface area contributed by atoms with E-state index in [1.807, 2.05) is 17.0 Å². The van der Waals surface area contributed by atoms with E-state index in [4.69, 9.17) is 0 Å². The molecular weight excluding hydrogens is 406 g/mol. The van der Waals surface area contributed by atoms with Crippen molar-refractivity contribution in [3.05, 3.63) is 60.4 Å². The molecule has 1 aliphatic carbocycles. The second kappa shape index (κ2) is 9.22. The van der Waals surface area contributed by atoms with Gasteiger partial charge in [-0.3, -0.25) is 14.3 Å². The highest BCUT2D eigenvalue weighted by molar-refractivity contribution is 7.99. The molecule has 1 saturated heterocycles. The first-order valence-electron chi connectivity index (χ1n) is 11.1. The van der Waals surface area contributed by atoms with Gasteiger partial charge in [-0.2, -0.15) is 0 Å². The molecule has 3 heterocycles. The van der Waals surface area contributed by atoms with E-state index in [-0.39, 0.29) is 5.91 Å². The van der Waals surface area contributed by atoms with Gasteiger partial charge in [0.15, 0.2) is 11.0 Å². The van der Waals surface area contributed by atoms with E-state index >= 15 is 0 Å². The number of likely N-dealkylation sites (tertiary alicyclic amines) is 1. The molecule has 2 aromatic heterocycles. The van der Waals surface area contributed by atoms with Crippen LogP contribution in [-0.4, -0.2) is 49.4 Å². The Morgan fingerprint density at radius 1 is 0.968 bits per heavy atom. The number of rotatable bonds is 7. The first-order valence-corrected chi connectivity index (χ1v) is 12.1. The Morgan fingerprint density at radius 3 is 2.42 bits per heavy atom. The fourth-order valence-corrected chi connectivity index (χ4v) is 5.19. The van der Waals surface area contributed by atoms with Crippen LogP contribution in [-0.2, 0) is 11.2 Å². The van der Waals surface area contributed by atoms with Crippen molar-refractivity contribution < 1.29 is 4.79 Å². The van der Waals surface area contributed by atoms with Gasteiger partial charge in [0, 0.05) is 37.1 Å². The summed E-state index contributed by atoms with van der Waals surface area (Å²) >= 11 is 1.52. The van der Waals surface area contributed by atoms with Crippen LogP contribution < -0.4 is 0 Å². The number of piperidine rings is 1. The first kappa shape index (κ1) is 20.2. The highest BCUT2D eigenvalue weighted by Gasteiger charge is 2.31. The minimum absolute atomic E-state index is 0.207. The number of pyridine rings is 1. The molecule has 31 heavy (non-hydrogen) atoms. The maximum atomic E-state index is 12.8. The van der Waals surface area contributed by atoms with Crippen LogP contribution in [0.4, 0.5) is 0 Å². The van der Waals surface area contributed by atoms with Crippen LogP contribution in [0.15, 0.2) is 60.0 Å².